The summed E-state index contributed by atoms with van der Waals surface area (Å²) in [4.78, 5) is 0. The minimum atomic E-state index is -0.308. The number of aliphatic hydroxyl groups is 1. The maximum atomic E-state index is 10.0. The summed E-state index contributed by atoms with van der Waals surface area (Å²) in [6.07, 6.45) is 1.12. The Hall–Kier alpha value is -0.870. The second-order valence-electron chi connectivity index (χ2n) is 4.17. The van der Waals surface area contributed by atoms with E-state index < -0.39 is 0 Å². The zero-order valence-electron chi connectivity index (χ0n) is 9.51. The van der Waals surface area contributed by atoms with Crippen molar-refractivity contribution in [1.82, 2.24) is 0 Å². The van der Waals surface area contributed by atoms with Crippen molar-refractivity contribution in [3.05, 3.63) is 69.3 Å². The van der Waals surface area contributed by atoms with Crippen LogP contribution in [0.5, 0.6) is 0 Å². The fourth-order valence-electron chi connectivity index (χ4n) is 1.85. The summed E-state index contributed by atoms with van der Waals surface area (Å²) in [5, 5.41) is 10.0. The molecule has 2 rings (SSSR count). The van der Waals surface area contributed by atoms with Gasteiger partial charge in [0, 0.05) is 3.57 Å². The molecule has 0 spiro atoms. The Bertz CT molecular complexity index is 450. The molecule has 0 aromatic heterocycles. The lowest BCUT2D eigenvalue weighted by atomic mass is 10.0. The molecule has 0 aliphatic heterocycles. The summed E-state index contributed by atoms with van der Waals surface area (Å²) in [6.45, 7) is 0. The molecule has 17 heavy (non-hydrogen) atoms. The van der Waals surface area contributed by atoms with Crippen molar-refractivity contribution in [2.75, 3.05) is 0 Å². The van der Waals surface area contributed by atoms with Gasteiger partial charge in [-0.3, -0.25) is 0 Å². The Morgan fingerprint density at radius 3 is 1.94 bits per heavy atom. The molecule has 0 saturated carbocycles. The molecular formula is C15H15IO. The van der Waals surface area contributed by atoms with Crippen molar-refractivity contribution in [1.29, 1.82) is 0 Å². The standard InChI is InChI=1S/C15H15IO/c16-14-8-6-13(7-9-14)11-15(17)10-12-4-2-1-3-5-12/h1-9,15,17H,10-11H2. The molecule has 1 N–H and O–H groups in total. The first-order valence-corrected chi connectivity index (χ1v) is 6.78. The predicted octanol–water partition coefficient (Wildman–Crippen LogP) is 3.44. The molecule has 0 aliphatic carbocycles. The fourth-order valence-corrected chi connectivity index (χ4v) is 2.21. The lowest BCUT2D eigenvalue weighted by Gasteiger charge is -2.10. The summed E-state index contributed by atoms with van der Waals surface area (Å²) in [5.74, 6) is 0. The zero-order valence-corrected chi connectivity index (χ0v) is 11.7. The molecule has 0 saturated heterocycles. The molecule has 88 valence electrons. The van der Waals surface area contributed by atoms with E-state index in [0.717, 1.165) is 0 Å². The van der Waals surface area contributed by atoms with E-state index in [4.69, 9.17) is 0 Å². The van der Waals surface area contributed by atoms with Crippen LogP contribution in [0.4, 0.5) is 0 Å². The highest BCUT2D eigenvalue weighted by molar-refractivity contribution is 14.1. The van der Waals surface area contributed by atoms with Gasteiger partial charge in [-0.2, -0.15) is 0 Å². The molecule has 2 aromatic rings. The third-order valence-electron chi connectivity index (χ3n) is 2.70. The molecule has 0 bridgehead atoms. The first kappa shape index (κ1) is 12.6. The van der Waals surface area contributed by atoms with E-state index in [1.807, 2.05) is 18.2 Å². The molecule has 0 amide bonds. The van der Waals surface area contributed by atoms with E-state index in [1.54, 1.807) is 0 Å². The minimum Gasteiger partial charge on any atom is -0.392 e. The largest absolute Gasteiger partial charge is 0.392 e. The Balaban J connectivity index is 1.93. The molecule has 2 heteroatoms. The Labute approximate surface area is 116 Å². The maximum absolute atomic E-state index is 10.0. The van der Waals surface area contributed by atoms with Crippen LogP contribution < -0.4 is 0 Å². The van der Waals surface area contributed by atoms with Gasteiger partial charge in [-0.05, 0) is 58.7 Å². The molecule has 0 fully saturated rings. The van der Waals surface area contributed by atoms with Crippen molar-refractivity contribution in [3.8, 4) is 0 Å². The van der Waals surface area contributed by atoms with Crippen LogP contribution in [-0.2, 0) is 12.8 Å². The van der Waals surface area contributed by atoms with Crippen LogP contribution in [0.25, 0.3) is 0 Å². The van der Waals surface area contributed by atoms with Crippen LogP contribution in [0, 0.1) is 3.57 Å². The van der Waals surface area contributed by atoms with Crippen LogP contribution in [0.3, 0.4) is 0 Å². The number of aliphatic hydroxyl groups excluding tert-OH is 1. The molecule has 1 atom stereocenters. The molecule has 1 unspecified atom stereocenters. The van der Waals surface area contributed by atoms with Crippen molar-refractivity contribution in [3.63, 3.8) is 0 Å². The smallest absolute Gasteiger partial charge is 0.0620 e. The third kappa shape index (κ3) is 4.13. The normalized spacial score (nSPS) is 12.4. The highest BCUT2D eigenvalue weighted by atomic mass is 127. The van der Waals surface area contributed by atoms with E-state index in [9.17, 15) is 5.11 Å². The van der Waals surface area contributed by atoms with Gasteiger partial charge in [0.25, 0.3) is 0 Å². The molecule has 2 aromatic carbocycles. The van der Waals surface area contributed by atoms with Gasteiger partial charge in [0.05, 0.1) is 6.10 Å². The molecule has 0 heterocycles. The third-order valence-corrected chi connectivity index (χ3v) is 3.42. The highest BCUT2D eigenvalue weighted by Gasteiger charge is 2.06. The fraction of sp³-hybridized carbons (Fsp3) is 0.200. The van der Waals surface area contributed by atoms with Crippen LogP contribution in [0.1, 0.15) is 11.1 Å². The van der Waals surface area contributed by atoms with Crippen molar-refractivity contribution in [2.24, 2.45) is 0 Å². The second-order valence-corrected chi connectivity index (χ2v) is 5.42. The molecular weight excluding hydrogens is 323 g/mol. The van der Waals surface area contributed by atoms with Crippen LogP contribution in [0.2, 0.25) is 0 Å². The van der Waals surface area contributed by atoms with Gasteiger partial charge < -0.3 is 5.11 Å². The highest BCUT2D eigenvalue weighted by Crippen LogP contribution is 2.11. The van der Waals surface area contributed by atoms with E-state index in [-0.39, 0.29) is 6.10 Å². The van der Waals surface area contributed by atoms with E-state index >= 15 is 0 Å². The Kier molecular flexibility index (Phi) is 4.57. The first-order valence-electron chi connectivity index (χ1n) is 5.70. The summed E-state index contributed by atoms with van der Waals surface area (Å²) in [6, 6.07) is 18.4. The monoisotopic (exact) mass is 338 g/mol. The predicted molar refractivity (Wildman–Crippen MR) is 79.0 cm³/mol. The van der Waals surface area contributed by atoms with Gasteiger partial charge in [-0.1, -0.05) is 42.5 Å². The average molecular weight is 338 g/mol. The SMILES string of the molecule is OC(Cc1ccccc1)Cc1ccc(I)cc1. The Morgan fingerprint density at radius 2 is 1.35 bits per heavy atom. The summed E-state index contributed by atoms with van der Waals surface area (Å²) < 4.78 is 1.23. The van der Waals surface area contributed by atoms with Gasteiger partial charge in [-0.25, -0.2) is 0 Å². The average Bonchev–Trinajstić information content (AvgIpc) is 2.33. The quantitative estimate of drug-likeness (QED) is 0.847. The van der Waals surface area contributed by atoms with Crippen LogP contribution >= 0.6 is 22.6 Å². The maximum Gasteiger partial charge on any atom is 0.0620 e. The second kappa shape index (κ2) is 6.17. The Morgan fingerprint density at radius 1 is 0.824 bits per heavy atom. The first-order chi connectivity index (χ1) is 8.24. The lowest BCUT2D eigenvalue weighted by molar-refractivity contribution is 0.175. The minimum absolute atomic E-state index is 0.308. The van der Waals surface area contributed by atoms with E-state index in [2.05, 4.69) is 59.0 Å². The summed E-state index contributed by atoms with van der Waals surface area (Å²) in [7, 11) is 0. The summed E-state index contributed by atoms with van der Waals surface area (Å²) in [5.41, 5.74) is 2.37. The number of hydrogen-bond acceptors (Lipinski definition) is 1. The molecule has 0 aliphatic rings. The van der Waals surface area contributed by atoms with Gasteiger partial charge in [0.1, 0.15) is 0 Å². The van der Waals surface area contributed by atoms with Crippen LogP contribution in [-0.4, -0.2) is 11.2 Å². The number of hydrogen-bond donors (Lipinski definition) is 1. The topological polar surface area (TPSA) is 20.2 Å². The van der Waals surface area contributed by atoms with Crippen molar-refractivity contribution >= 4 is 22.6 Å². The van der Waals surface area contributed by atoms with Gasteiger partial charge in [0.15, 0.2) is 0 Å². The van der Waals surface area contributed by atoms with Crippen LogP contribution in [0.15, 0.2) is 54.6 Å². The van der Waals surface area contributed by atoms with Crippen molar-refractivity contribution < 1.29 is 5.11 Å². The van der Waals surface area contributed by atoms with Gasteiger partial charge in [-0.15, -0.1) is 0 Å². The zero-order chi connectivity index (χ0) is 12.1. The summed E-state index contributed by atoms with van der Waals surface area (Å²) >= 11 is 2.29. The molecule has 1 nitrogen and oxygen atoms in total. The lowest BCUT2D eigenvalue weighted by Crippen LogP contribution is -2.13. The van der Waals surface area contributed by atoms with Gasteiger partial charge >= 0.3 is 0 Å². The van der Waals surface area contributed by atoms with Gasteiger partial charge in [0.2, 0.25) is 0 Å². The van der Waals surface area contributed by atoms with E-state index in [1.165, 1.54) is 14.7 Å². The number of halogens is 1. The number of benzene rings is 2. The molecule has 0 radical (unpaired) electrons. The number of rotatable bonds is 4. The van der Waals surface area contributed by atoms with E-state index in [0.29, 0.717) is 12.8 Å². The van der Waals surface area contributed by atoms with Crippen molar-refractivity contribution in [2.45, 2.75) is 18.9 Å².